The third-order valence-electron chi connectivity index (χ3n) is 3.12. The summed E-state index contributed by atoms with van der Waals surface area (Å²) in [5.41, 5.74) is 1.52. The molecule has 4 heteroatoms. The highest BCUT2D eigenvalue weighted by molar-refractivity contribution is 6.04. The molecule has 0 bridgehead atoms. The number of anilines is 2. The van der Waals surface area contributed by atoms with Crippen LogP contribution in [0.4, 0.5) is 11.4 Å². The van der Waals surface area contributed by atoms with E-state index in [1.807, 2.05) is 38.1 Å². The van der Waals surface area contributed by atoms with Crippen molar-refractivity contribution in [3.8, 4) is 0 Å². The molecule has 96 valence electrons. The first-order valence-electron chi connectivity index (χ1n) is 6.33. The molecule has 1 N–H and O–H groups in total. The minimum Gasteiger partial charge on any atom is -0.324 e. The van der Waals surface area contributed by atoms with Crippen LogP contribution in [0, 0.1) is 5.92 Å². The molecule has 1 aliphatic rings. The summed E-state index contributed by atoms with van der Waals surface area (Å²) < 4.78 is 0. The van der Waals surface area contributed by atoms with Crippen LogP contribution in [0.15, 0.2) is 24.3 Å². The Bertz CT molecular complexity index is 471. The molecule has 2 rings (SSSR count). The predicted octanol–water partition coefficient (Wildman–Crippen LogP) is 2.41. The van der Waals surface area contributed by atoms with E-state index in [4.69, 9.17) is 0 Å². The minimum atomic E-state index is -0.196. The minimum absolute atomic E-state index is 0.0331. The van der Waals surface area contributed by atoms with Crippen molar-refractivity contribution < 1.29 is 9.59 Å². The van der Waals surface area contributed by atoms with Gasteiger partial charge in [0.1, 0.15) is 0 Å². The van der Waals surface area contributed by atoms with Crippen molar-refractivity contribution in [3.05, 3.63) is 24.3 Å². The molecular formula is C14H18N2O2. The second kappa shape index (κ2) is 5.21. The van der Waals surface area contributed by atoms with Crippen LogP contribution in [0.1, 0.15) is 26.7 Å². The maximum Gasteiger partial charge on any atom is 0.229 e. The highest BCUT2D eigenvalue weighted by Gasteiger charge is 2.27. The van der Waals surface area contributed by atoms with Gasteiger partial charge in [-0.05, 0) is 18.6 Å². The number of nitrogens with zero attached hydrogens (tertiary/aromatic N) is 1. The number of carbonyl (C=O) groups excluding carboxylic acids is 2. The van der Waals surface area contributed by atoms with Gasteiger partial charge in [0.25, 0.3) is 0 Å². The van der Waals surface area contributed by atoms with Crippen LogP contribution in [0.2, 0.25) is 0 Å². The van der Waals surface area contributed by atoms with Gasteiger partial charge in [-0.3, -0.25) is 9.59 Å². The normalized spacial score (nSPS) is 18.9. The Morgan fingerprint density at radius 3 is 2.89 bits per heavy atom. The van der Waals surface area contributed by atoms with Crippen LogP contribution in [-0.4, -0.2) is 18.4 Å². The summed E-state index contributed by atoms with van der Waals surface area (Å²) in [4.78, 5) is 25.7. The zero-order valence-corrected chi connectivity index (χ0v) is 10.8. The number of rotatable bonds is 2. The van der Waals surface area contributed by atoms with E-state index in [0.29, 0.717) is 13.0 Å². The van der Waals surface area contributed by atoms with Gasteiger partial charge in [0, 0.05) is 13.0 Å². The molecule has 4 nitrogen and oxygen atoms in total. The molecular weight excluding hydrogens is 228 g/mol. The topological polar surface area (TPSA) is 49.4 Å². The molecule has 1 aliphatic heterocycles. The molecule has 18 heavy (non-hydrogen) atoms. The number of hydrogen-bond acceptors (Lipinski definition) is 2. The van der Waals surface area contributed by atoms with E-state index < -0.39 is 0 Å². The number of fused-ring (bicyclic) bond motifs is 1. The smallest absolute Gasteiger partial charge is 0.229 e. The van der Waals surface area contributed by atoms with Crippen molar-refractivity contribution in [1.29, 1.82) is 0 Å². The summed E-state index contributed by atoms with van der Waals surface area (Å²) in [5.74, 6) is -0.152. The number of amides is 2. The fourth-order valence-electron chi connectivity index (χ4n) is 2.11. The van der Waals surface area contributed by atoms with Gasteiger partial charge in [0.15, 0.2) is 0 Å². The van der Waals surface area contributed by atoms with E-state index in [-0.39, 0.29) is 17.7 Å². The lowest BCUT2D eigenvalue weighted by molar-refractivity contribution is -0.120. The van der Waals surface area contributed by atoms with Crippen molar-refractivity contribution in [2.45, 2.75) is 26.7 Å². The molecule has 0 aliphatic carbocycles. The SMILES string of the molecule is CCCC(=O)N1C[C@@H](C)C(=O)Nc2ccccc21. The zero-order valence-electron chi connectivity index (χ0n) is 10.8. The van der Waals surface area contributed by atoms with Crippen molar-refractivity contribution in [2.24, 2.45) is 5.92 Å². The lowest BCUT2D eigenvalue weighted by atomic mass is 10.1. The molecule has 0 spiro atoms. The first-order chi connectivity index (χ1) is 8.63. The molecule has 0 unspecified atom stereocenters. The Balaban J connectivity index is 2.39. The molecule has 1 atom stereocenters. The average Bonchev–Trinajstić information content (AvgIpc) is 2.48. The van der Waals surface area contributed by atoms with Crippen LogP contribution in [-0.2, 0) is 9.59 Å². The quantitative estimate of drug-likeness (QED) is 0.871. The Morgan fingerprint density at radius 1 is 1.44 bits per heavy atom. The monoisotopic (exact) mass is 246 g/mol. The third-order valence-corrected chi connectivity index (χ3v) is 3.12. The van der Waals surface area contributed by atoms with Gasteiger partial charge in [-0.15, -0.1) is 0 Å². The molecule has 1 aromatic rings. The van der Waals surface area contributed by atoms with Crippen LogP contribution < -0.4 is 10.2 Å². The van der Waals surface area contributed by atoms with Gasteiger partial charge in [-0.1, -0.05) is 26.0 Å². The Morgan fingerprint density at radius 2 is 2.17 bits per heavy atom. The summed E-state index contributed by atoms with van der Waals surface area (Å²) in [6.07, 6.45) is 1.32. The molecule has 1 heterocycles. The van der Waals surface area contributed by atoms with Crippen LogP contribution in [0.25, 0.3) is 0 Å². The predicted molar refractivity (Wildman–Crippen MR) is 71.5 cm³/mol. The third kappa shape index (κ3) is 2.37. The lowest BCUT2D eigenvalue weighted by Crippen LogP contribution is -2.35. The van der Waals surface area contributed by atoms with Crippen LogP contribution >= 0.6 is 0 Å². The van der Waals surface area contributed by atoms with Gasteiger partial charge >= 0.3 is 0 Å². The van der Waals surface area contributed by atoms with Gasteiger partial charge in [0.2, 0.25) is 11.8 Å². The second-order valence-electron chi connectivity index (χ2n) is 4.66. The molecule has 0 saturated carbocycles. The molecule has 2 amide bonds. The van der Waals surface area contributed by atoms with Gasteiger partial charge in [0.05, 0.1) is 17.3 Å². The van der Waals surface area contributed by atoms with Gasteiger partial charge in [-0.25, -0.2) is 0 Å². The summed E-state index contributed by atoms with van der Waals surface area (Å²) >= 11 is 0. The van der Waals surface area contributed by atoms with E-state index in [1.54, 1.807) is 4.90 Å². The van der Waals surface area contributed by atoms with E-state index in [1.165, 1.54) is 0 Å². The lowest BCUT2D eigenvalue weighted by Gasteiger charge is -2.23. The molecule has 0 radical (unpaired) electrons. The van der Waals surface area contributed by atoms with Gasteiger partial charge in [-0.2, -0.15) is 0 Å². The van der Waals surface area contributed by atoms with Crippen molar-refractivity contribution in [1.82, 2.24) is 0 Å². The highest BCUT2D eigenvalue weighted by Crippen LogP contribution is 2.30. The number of nitrogens with one attached hydrogen (secondary N) is 1. The van der Waals surface area contributed by atoms with Crippen LogP contribution in [0.3, 0.4) is 0 Å². The van der Waals surface area contributed by atoms with Crippen molar-refractivity contribution in [3.63, 3.8) is 0 Å². The van der Waals surface area contributed by atoms with Crippen LogP contribution in [0.5, 0.6) is 0 Å². The second-order valence-corrected chi connectivity index (χ2v) is 4.66. The fraction of sp³-hybridized carbons (Fsp3) is 0.429. The zero-order chi connectivity index (χ0) is 13.1. The number of carbonyl (C=O) groups is 2. The number of para-hydroxylation sites is 2. The number of hydrogen-bond donors (Lipinski definition) is 1. The van der Waals surface area contributed by atoms with E-state index >= 15 is 0 Å². The standard InChI is InChI=1S/C14H18N2O2/c1-3-6-13(17)16-9-10(2)14(18)15-11-7-4-5-8-12(11)16/h4-5,7-8,10H,3,6,9H2,1-2H3,(H,15,18)/t10-/m1/s1. The summed E-state index contributed by atoms with van der Waals surface area (Å²) in [7, 11) is 0. The first-order valence-corrected chi connectivity index (χ1v) is 6.33. The Hall–Kier alpha value is -1.84. The largest absolute Gasteiger partial charge is 0.324 e. The van der Waals surface area contributed by atoms with E-state index in [0.717, 1.165) is 17.8 Å². The number of benzene rings is 1. The van der Waals surface area contributed by atoms with E-state index in [9.17, 15) is 9.59 Å². The maximum absolute atomic E-state index is 12.2. The molecule has 1 aromatic carbocycles. The Labute approximate surface area is 107 Å². The molecule has 0 aromatic heterocycles. The summed E-state index contributed by atoms with van der Waals surface area (Å²) in [6, 6.07) is 7.45. The first kappa shape index (κ1) is 12.6. The summed E-state index contributed by atoms with van der Waals surface area (Å²) in [5, 5.41) is 2.87. The Kier molecular flexibility index (Phi) is 3.65. The van der Waals surface area contributed by atoms with E-state index in [2.05, 4.69) is 5.32 Å². The van der Waals surface area contributed by atoms with Crippen molar-refractivity contribution in [2.75, 3.05) is 16.8 Å². The maximum atomic E-state index is 12.2. The molecule has 0 saturated heterocycles. The highest BCUT2D eigenvalue weighted by atomic mass is 16.2. The summed E-state index contributed by atoms with van der Waals surface area (Å²) in [6.45, 7) is 4.27. The van der Waals surface area contributed by atoms with Crippen molar-refractivity contribution >= 4 is 23.2 Å². The fourth-order valence-corrected chi connectivity index (χ4v) is 2.11. The average molecular weight is 246 g/mol. The van der Waals surface area contributed by atoms with Gasteiger partial charge < -0.3 is 10.2 Å². The molecule has 0 fully saturated rings.